The van der Waals surface area contributed by atoms with Crippen LogP contribution in [0, 0.1) is 13.8 Å². The molecule has 1 aromatic carbocycles. The van der Waals surface area contributed by atoms with Crippen molar-refractivity contribution in [1.29, 1.82) is 0 Å². The lowest BCUT2D eigenvalue weighted by Gasteiger charge is -2.09. The van der Waals surface area contributed by atoms with Gasteiger partial charge in [-0.25, -0.2) is 4.98 Å². The van der Waals surface area contributed by atoms with Crippen molar-refractivity contribution in [2.75, 3.05) is 19.5 Å². The first kappa shape index (κ1) is 17.1. The Morgan fingerprint density at radius 3 is 2.64 bits per heavy atom. The maximum Gasteiger partial charge on any atom is 0.173 e. The number of ketones is 1. The van der Waals surface area contributed by atoms with Crippen LogP contribution in [0.15, 0.2) is 29.4 Å². The van der Waals surface area contributed by atoms with Crippen LogP contribution in [0.2, 0.25) is 5.02 Å². The van der Waals surface area contributed by atoms with E-state index < -0.39 is 0 Å². The lowest BCUT2D eigenvalue weighted by molar-refractivity contribution is 0.102. The second-order valence-electron chi connectivity index (χ2n) is 4.93. The SMILES string of the molecule is COCCn1c(SCC(=O)c2ccc(Cl)cc2)nc(C)c1C. The van der Waals surface area contributed by atoms with Crippen molar-refractivity contribution < 1.29 is 9.53 Å². The van der Waals surface area contributed by atoms with Crippen molar-refractivity contribution in [2.24, 2.45) is 0 Å². The van der Waals surface area contributed by atoms with Crippen LogP contribution in [0.5, 0.6) is 0 Å². The molecule has 0 N–H and O–H groups in total. The van der Waals surface area contributed by atoms with E-state index in [1.807, 2.05) is 13.8 Å². The number of Topliss-reactive ketones (excluding diaryl/α,β-unsaturated/α-hetero) is 1. The highest BCUT2D eigenvalue weighted by molar-refractivity contribution is 7.99. The molecular weight excluding hydrogens is 320 g/mol. The Morgan fingerprint density at radius 1 is 1.32 bits per heavy atom. The molecule has 0 aliphatic carbocycles. The zero-order valence-corrected chi connectivity index (χ0v) is 14.5. The lowest BCUT2D eigenvalue weighted by Crippen LogP contribution is -2.09. The van der Waals surface area contributed by atoms with Gasteiger partial charge >= 0.3 is 0 Å². The summed E-state index contributed by atoms with van der Waals surface area (Å²) in [6.45, 7) is 5.36. The Hall–Kier alpha value is -1.30. The summed E-state index contributed by atoms with van der Waals surface area (Å²) in [7, 11) is 1.68. The number of imidazole rings is 1. The van der Waals surface area contributed by atoms with E-state index in [1.165, 1.54) is 11.8 Å². The molecule has 0 saturated carbocycles. The first-order chi connectivity index (χ1) is 10.5. The Labute approximate surface area is 139 Å². The molecule has 0 radical (unpaired) electrons. The Balaban J connectivity index is 2.06. The summed E-state index contributed by atoms with van der Waals surface area (Å²) in [6.07, 6.45) is 0. The van der Waals surface area contributed by atoms with Crippen LogP contribution in [0.3, 0.4) is 0 Å². The molecule has 0 aliphatic heterocycles. The van der Waals surface area contributed by atoms with E-state index >= 15 is 0 Å². The van der Waals surface area contributed by atoms with E-state index in [0.717, 1.165) is 23.1 Å². The standard InChI is InChI=1S/C16H19ClN2O2S/c1-11-12(2)19(8-9-21-3)16(18-11)22-10-15(20)13-4-6-14(17)7-5-13/h4-7H,8-10H2,1-3H3. The van der Waals surface area contributed by atoms with Crippen molar-refractivity contribution >= 4 is 29.1 Å². The number of aromatic nitrogens is 2. The van der Waals surface area contributed by atoms with Crippen LogP contribution in [0.25, 0.3) is 0 Å². The second kappa shape index (κ2) is 7.81. The van der Waals surface area contributed by atoms with Gasteiger partial charge in [0.2, 0.25) is 0 Å². The third-order valence-electron chi connectivity index (χ3n) is 3.44. The molecule has 0 amide bonds. The van der Waals surface area contributed by atoms with E-state index in [2.05, 4.69) is 9.55 Å². The molecule has 118 valence electrons. The fraction of sp³-hybridized carbons (Fsp3) is 0.375. The predicted molar refractivity (Wildman–Crippen MR) is 90.1 cm³/mol. The third kappa shape index (κ3) is 4.12. The van der Waals surface area contributed by atoms with Gasteiger partial charge in [0.25, 0.3) is 0 Å². The van der Waals surface area contributed by atoms with Gasteiger partial charge in [-0.1, -0.05) is 23.4 Å². The predicted octanol–water partition coefficient (Wildman–Crippen LogP) is 3.77. The van der Waals surface area contributed by atoms with Gasteiger partial charge in [-0.3, -0.25) is 4.79 Å². The fourth-order valence-electron chi connectivity index (χ4n) is 2.03. The normalized spacial score (nSPS) is 10.9. The van der Waals surface area contributed by atoms with Crippen molar-refractivity contribution in [1.82, 2.24) is 9.55 Å². The summed E-state index contributed by atoms with van der Waals surface area (Å²) in [5.74, 6) is 0.420. The quantitative estimate of drug-likeness (QED) is 0.569. The molecule has 6 heteroatoms. The first-order valence-corrected chi connectivity index (χ1v) is 8.33. The molecule has 0 unspecified atom stereocenters. The van der Waals surface area contributed by atoms with E-state index in [-0.39, 0.29) is 5.78 Å². The molecular formula is C16H19ClN2O2S. The number of hydrogen-bond acceptors (Lipinski definition) is 4. The Bertz CT molecular complexity index is 653. The number of halogens is 1. The van der Waals surface area contributed by atoms with Gasteiger partial charge in [0, 0.05) is 29.9 Å². The number of carbonyl (C=O) groups excluding carboxylic acids is 1. The third-order valence-corrected chi connectivity index (χ3v) is 4.67. The van der Waals surface area contributed by atoms with Crippen LogP contribution >= 0.6 is 23.4 Å². The van der Waals surface area contributed by atoms with E-state index in [4.69, 9.17) is 16.3 Å². The number of thioether (sulfide) groups is 1. The molecule has 2 aromatic rings. The largest absolute Gasteiger partial charge is 0.383 e. The summed E-state index contributed by atoms with van der Waals surface area (Å²) in [5, 5.41) is 1.49. The van der Waals surface area contributed by atoms with Gasteiger partial charge in [0.1, 0.15) is 0 Å². The number of nitrogens with zero attached hydrogens (tertiary/aromatic N) is 2. The van der Waals surface area contributed by atoms with Gasteiger partial charge in [-0.15, -0.1) is 0 Å². The molecule has 1 aromatic heterocycles. The van der Waals surface area contributed by atoms with E-state index in [1.54, 1.807) is 31.4 Å². The number of carbonyl (C=O) groups is 1. The Morgan fingerprint density at radius 2 is 2.00 bits per heavy atom. The zero-order chi connectivity index (χ0) is 16.1. The molecule has 1 heterocycles. The van der Waals surface area contributed by atoms with Crippen LogP contribution < -0.4 is 0 Å². The highest BCUT2D eigenvalue weighted by atomic mass is 35.5. The first-order valence-electron chi connectivity index (χ1n) is 6.97. The maximum absolute atomic E-state index is 12.2. The smallest absolute Gasteiger partial charge is 0.173 e. The number of rotatable bonds is 7. The Kier molecular flexibility index (Phi) is 6.06. The fourth-order valence-corrected chi connectivity index (χ4v) is 3.17. The van der Waals surface area contributed by atoms with Crippen molar-refractivity contribution in [3.63, 3.8) is 0 Å². The molecule has 2 rings (SSSR count). The minimum absolute atomic E-state index is 0.0678. The molecule has 0 bridgehead atoms. The second-order valence-corrected chi connectivity index (χ2v) is 6.31. The van der Waals surface area contributed by atoms with Gasteiger partial charge in [0.15, 0.2) is 10.9 Å². The molecule has 0 spiro atoms. The maximum atomic E-state index is 12.2. The minimum atomic E-state index is 0.0678. The minimum Gasteiger partial charge on any atom is -0.383 e. The molecule has 22 heavy (non-hydrogen) atoms. The van der Waals surface area contributed by atoms with Crippen molar-refractivity contribution in [3.8, 4) is 0 Å². The summed E-state index contributed by atoms with van der Waals surface area (Å²) in [5.41, 5.74) is 2.76. The molecule has 0 fully saturated rings. The summed E-state index contributed by atoms with van der Waals surface area (Å²) >= 11 is 7.29. The van der Waals surface area contributed by atoms with Gasteiger partial charge in [-0.05, 0) is 38.1 Å². The molecule has 0 atom stereocenters. The number of hydrogen-bond donors (Lipinski definition) is 0. The molecule has 0 saturated heterocycles. The van der Waals surface area contributed by atoms with E-state index in [9.17, 15) is 4.79 Å². The molecule has 4 nitrogen and oxygen atoms in total. The number of ether oxygens (including phenoxy) is 1. The van der Waals surface area contributed by atoms with Crippen LogP contribution in [0.1, 0.15) is 21.7 Å². The average molecular weight is 339 g/mol. The van der Waals surface area contributed by atoms with E-state index in [0.29, 0.717) is 22.9 Å². The highest BCUT2D eigenvalue weighted by Gasteiger charge is 2.14. The number of aryl methyl sites for hydroxylation is 1. The molecule has 0 aliphatic rings. The van der Waals surface area contributed by atoms with Gasteiger partial charge in [0.05, 0.1) is 18.1 Å². The van der Waals surface area contributed by atoms with Crippen molar-refractivity contribution in [2.45, 2.75) is 25.5 Å². The van der Waals surface area contributed by atoms with Crippen LogP contribution in [-0.2, 0) is 11.3 Å². The number of methoxy groups -OCH3 is 1. The number of benzene rings is 1. The average Bonchev–Trinajstić information content (AvgIpc) is 2.78. The summed E-state index contributed by atoms with van der Waals surface area (Å²) in [6, 6.07) is 6.96. The van der Waals surface area contributed by atoms with Crippen LogP contribution in [-0.4, -0.2) is 34.8 Å². The van der Waals surface area contributed by atoms with Crippen LogP contribution in [0.4, 0.5) is 0 Å². The van der Waals surface area contributed by atoms with Gasteiger partial charge in [-0.2, -0.15) is 0 Å². The topological polar surface area (TPSA) is 44.1 Å². The monoisotopic (exact) mass is 338 g/mol. The summed E-state index contributed by atoms with van der Waals surface area (Å²) in [4.78, 5) is 16.8. The van der Waals surface area contributed by atoms with Crippen molar-refractivity contribution in [3.05, 3.63) is 46.2 Å². The summed E-state index contributed by atoms with van der Waals surface area (Å²) < 4.78 is 7.23. The zero-order valence-electron chi connectivity index (χ0n) is 12.9. The van der Waals surface area contributed by atoms with Gasteiger partial charge < -0.3 is 9.30 Å². The highest BCUT2D eigenvalue weighted by Crippen LogP contribution is 2.22. The lowest BCUT2D eigenvalue weighted by atomic mass is 10.1.